The molecule has 1 fully saturated rings. The zero-order chi connectivity index (χ0) is 67.1. The number of carbonyl (C=O) groups excluding carboxylic acids is 3. The molecule has 3 aromatic rings. The van der Waals surface area contributed by atoms with Crippen LogP contribution < -0.4 is 38.3 Å². The van der Waals surface area contributed by atoms with Gasteiger partial charge in [0, 0.05) is 90.0 Å². The summed E-state index contributed by atoms with van der Waals surface area (Å²) in [6.45, 7) is 9.66. The number of aryl methyl sites for hydroxylation is 1. The second kappa shape index (κ2) is 36.7. The van der Waals surface area contributed by atoms with Crippen LogP contribution in [0.2, 0.25) is 0 Å². The number of ether oxygens (including phenoxy) is 6. The molecule has 1 aromatic heterocycles. The van der Waals surface area contributed by atoms with Gasteiger partial charge in [-0.25, -0.2) is 23.3 Å². The number of hydrogen-bond donors (Lipinski definition) is 10. The Bertz CT molecular complexity index is 3730. The van der Waals surface area contributed by atoms with Gasteiger partial charge in [0.05, 0.1) is 57.0 Å². The lowest BCUT2D eigenvalue weighted by molar-refractivity contribution is -0.144. The van der Waals surface area contributed by atoms with E-state index in [1.165, 1.54) is 0 Å². The average molecular weight is 1420 g/mol. The van der Waals surface area contributed by atoms with E-state index < -0.39 is 75.2 Å². The summed E-state index contributed by atoms with van der Waals surface area (Å²) >= 11 is 5.32. The number of benzene rings is 3. The van der Waals surface area contributed by atoms with Crippen LogP contribution >= 0.6 is 45.1 Å². The Morgan fingerprint density at radius 2 is 1.65 bits per heavy atom. The fourth-order valence-electron chi connectivity index (χ4n) is 8.75. The van der Waals surface area contributed by atoms with E-state index in [2.05, 4.69) is 55.2 Å². The van der Waals surface area contributed by atoms with E-state index >= 15 is 0 Å². The summed E-state index contributed by atoms with van der Waals surface area (Å²) in [6.07, 6.45) is 1.21. The third-order valence-corrected chi connectivity index (χ3v) is 22.2. The molecule has 0 radical (unpaired) electrons. The minimum Gasteiger partial charge on any atom is -0.466 e. The molecule has 0 bridgehead atoms. The Kier molecular flexibility index (Phi) is 30.2. The predicted octanol–water partition coefficient (Wildman–Crippen LogP) is 6.63. The highest BCUT2D eigenvalue weighted by molar-refractivity contribution is 8.77. The maximum Gasteiger partial charge on any atom is 0.490 e. The number of nitrogens with one attached hydrogen (secondary N) is 5. The molecule has 29 nitrogen and oxygen atoms in total. The van der Waals surface area contributed by atoms with Crippen LogP contribution in [0.3, 0.4) is 0 Å². The Morgan fingerprint density at radius 1 is 0.891 bits per heavy atom. The number of nitrogens with two attached hydrogens (primary N) is 1. The first-order chi connectivity index (χ1) is 43.6. The number of hydrogen-bond acceptors (Lipinski definition) is 23. The van der Waals surface area contributed by atoms with E-state index in [-0.39, 0.29) is 60.7 Å². The molecule has 3 aliphatic rings. The molecule has 6 atom stereocenters. The first-order valence-corrected chi connectivity index (χ1v) is 38.1. The Hall–Kier alpha value is -5.14. The fourth-order valence-corrected chi connectivity index (χ4v) is 14.7. The van der Waals surface area contributed by atoms with E-state index in [0.717, 1.165) is 51.2 Å². The number of carbonyl (C=O) groups is 3. The first-order valence-electron chi connectivity index (χ1n) is 28.8. The number of anilines is 1. The van der Waals surface area contributed by atoms with E-state index in [9.17, 15) is 47.5 Å². The summed E-state index contributed by atoms with van der Waals surface area (Å²) in [4.78, 5) is 103. The van der Waals surface area contributed by atoms with Gasteiger partial charge >= 0.3 is 41.2 Å². The molecule has 92 heavy (non-hydrogen) atoms. The van der Waals surface area contributed by atoms with Crippen molar-refractivity contribution in [1.82, 2.24) is 25.5 Å². The maximum atomic E-state index is 13.2. The zero-order valence-electron chi connectivity index (χ0n) is 50.8. The van der Waals surface area contributed by atoms with Gasteiger partial charge in [-0.15, -0.1) is 0 Å². The summed E-state index contributed by atoms with van der Waals surface area (Å²) in [5.74, 6) is 6.29. The number of nitrogens with zero attached hydrogens (tertiary/aromatic N) is 1. The van der Waals surface area contributed by atoms with Crippen molar-refractivity contribution < 1.29 is 93.6 Å². The van der Waals surface area contributed by atoms with Crippen molar-refractivity contribution in [3.8, 4) is 34.3 Å². The number of nitrogen functional groups attached to an aromatic ring is 1. The highest BCUT2D eigenvalue weighted by Gasteiger charge is 2.44. The molecule has 3 heterocycles. The van der Waals surface area contributed by atoms with Crippen LogP contribution in [0.15, 0.2) is 74.8 Å². The SMILES string of the molecule is CCS(=S)COC1C[C@H](n2cc(C#CCNC(=O)NCCCCCOCSSC(C)(C)CCOC(=O)CCCOCCOCCNC(=O)c3ccc(C)c(-c4c5ccc(=N)cc-5oc5cc(N)ccc45)c3)c(=O)[nH]c2=O)O[C@@H]1COP(=O)(O)OP(=O)(O)OP(=O)(O)O. The molecule has 11 N–H and O–H groups in total. The maximum absolute atomic E-state index is 13.2. The smallest absolute Gasteiger partial charge is 0.466 e. The summed E-state index contributed by atoms with van der Waals surface area (Å²) in [5.41, 5.74) is 9.28. The van der Waals surface area contributed by atoms with Gasteiger partial charge in [0.2, 0.25) is 0 Å². The van der Waals surface area contributed by atoms with E-state index in [4.69, 9.17) is 69.5 Å². The van der Waals surface area contributed by atoms with E-state index in [1.807, 2.05) is 44.2 Å². The van der Waals surface area contributed by atoms with Crippen molar-refractivity contribution in [2.45, 2.75) is 95.8 Å². The number of fused-ring (bicyclic) bond motifs is 2. The molecule has 36 heteroatoms. The van der Waals surface area contributed by atoms with Crippen molar-refractivity contribution in [2.24, 2.45) is 0 Å². The van der Waals surface area contributed by atoms with Gasteiger partial charge in [0.1, 0.15) is 35.2 Å². The van der Waals surface area contributed by atoms with Gasteiger partial charge in [-0.2, -0.15) is 8.62 Å². The molecule has 0 spiro atoms. The number of unbranched alkanes of at least 4 members (excludes halogenated alkanes) is 2. The molecular formula is C56H76N7O22P3S4. The molecule has 4 unspecified atom stereocenters. The van der Waals surface area contributed by atoms with Gasteiger partial charge < -0.3 is 79.5 Å². The lowest BCUT2D eigenvalue weighted by Crippen LogP contribution is -2.36. The molecule has 6 rings (SSSR count). The van der Waals surface area contributed by atoms with Gasteiger partial charge in [-0.1, -0.05) is 55.9 Å². The first kappa shape index (κ1) is 75.9. The topological polar surface area (TPSA) is 420 Å². The predicted molar refractivity (Wildman–Crippen MR) is 349 cm³/mol. The van der Waals surface area contributed by atoms with Crippen molar-refractivity contribution in [1.29, 1.82) is 5.41 Å². The van der Waals surface area contributed by atoms with Gasteiger partial charge in [0.15, 0.2) is 0 Å². The average Bonchev–Trinajstić information content (AvgIpc) is 0.846. The van der Waals surface area contributed by atoms with Crippen LogP contribution in [0.5, 0.6) is 0 Å². The minimum absolute atomic E-state index is 0.0338. The number of H-pyrrole nitrogens is 1. The number of urea groups is 1. The van der Waals surface area contributed by atoms with Crippen molar-refractivity contribution in [3.63, 3.8) is 0 Å². The highest BCUT2D eigenvalue weighted by atomic mass is 33.1. The molecule has 1 saturated heterocycles. The fraction of sp³-hybridized carbons (Fsp3) is 0.500. The van der Waals surface area contributed by atoms with Crippen LogP contribution in [0.4, 0.5) is 10.5 Å². The molecule has 506 valence electrons. The molecular weight excluding hydrogens is 1340 g/mol. The number of rotatable bonds is 38. The lowest BCUT2D eigenvalue weighted by atomic mass is 9.90. The highest BCUT2D eigenvalue weighted by Crippen LogP contribution is 2.66. The lowest BCUT2D eigenvalue weighted by Gasteiger charge is -2.22. The number of aromatic nitrogens is 2. The van der Waals surface area contributed by atoms with E-state index in [0.29, 0.717) is 98.4 Å². The minimum atomic E-state index is -5.80. The van der Waals surface area contributed by atoms with Crippen LogP contribution in [0.25, 0.3) is 33.4 Å². The molecule has 1 aliphatic carbocycles. The van der Waals surface area contributed by atoms with Crippen LogP contribution in [0, 0.1) is 24.2 Å². The summed E-state index contributed by atoms with van der Waals surface area (Å²) in [5, 5.41) is 17.5. The van der Waals surface area contributed by atoms with Crippen molar-refractivity contribution in [2.75, 3.05) is 89.2 Å². The molecule has 3 amide bonds. The van der Waals surface area contributed by atoms with Crippen LogP contribution in [-0.4, -0.2) is 148 Å². The number of phosphoric ester groups is 1. The van der Waals surface area contributed by atoms with Crippen LogP contribution in [-0.2, 0) is 80.7 Å². The van der Waals surface area contributed by atoms with Gasteiger partial charge in [0.25, 0.3) is 11.5 Å². The number of aromatic amines is 1. The number of esters is 1. The van der Waals surface area contributed by atoms with Crippen molar-refractivity contribution in [3.05, 3.63) is 104 Å². The van der Waals surface area contributed by atoms with Gasteiger partial charge in [-0.3, -0.25) is 28.5 Å². The monoisotopic (exact) mass is 1420 g/mol. The largest absolute Gasteiger partial charge is 0.490 e. The van der Waals surface area contributed by atoms with E-state index in [1.54, 1.807) is 45.9 Å². The second-order valence-corrected chi connectivity index (χ2v) is 31.5. The Morgan fingerprint density at radius 3 is 2.41 bits per heavy atom. The molecule has 0 saturated carbocycles. The van der Waals surface area contributed by atoms with Crippen LogP contribution in [0.1, 0.15) is 93.4 Å². The number of amides is 3. The van der Waals surface area contributed by atoms with Crippen molar-refractivity contribution >= 4 is 100 Å². The third kappa shape index (κ3) is 25.9. The summed E-state index contributed by atoms with van der Waals surface area (Å²) in [7, 11) is -14.4. The molecule has 2 aliphatic heterocycles. The van der Waals surface area contributed by atoms with Gasteiger partial charge in [-0.05, 0) is 117 Å². The third-order valence-electron chi connectivity index (χ3n) is 13.3. The Balaban J connectivity index is 0.762. The Labute approximate surface area is 544 Å². The number of phosphoric acid groups is 3. The standard InChI is InChI=1S/C56H76N7O22P3S4/c1-5-92(89)36-80-47-32-49(83-48(47)34-81-87(72,73)85-88(74,75)84-86(69,70)71)63-33-39(53(66)62-55(63)68)11-9-21-61-54(67)60-20-7-6-8-23-78-35-90-91-56(3,4)19-25-79-50(64)12-10-24-76-27-28-77-26-22-59-52(65)38-14-13-37(2)44(29-38)51-42-17-15-40(57)30-45(42)82-46-31-41(58)16-18-43(46)51/h13-18,29-31,33,47-49,57H,5-8,10,12,19-28,32,34-36,58H2,1-4H3,(H,59,65)(H,72,73)(H,74,75)(H2,60,61,67)(H,62,66,68)(H2,69,70,71)/t47?,48-,49-,92?/m1/s1. The second-order valence-electron chi connectivity index (χ2n) is 21.0. The normalized spacial score (nSPS) is 16.7. The molecule has 2 aromatic carbocycles. The zero-order valence-corrected chi connectivity index (χ0v) is 56.7. The summed E-state index contributed by atoms with van der Waals surface area (Å²) < 4.78 is 88.6. The summed E-state index contributed by atoms with van der Waals surface area (Å²) in [6, 6.07) is 15.7. The quantitative estimate of drug-likeness (QED) is 0.00289.